The predicted octanol–water partition coefficient (Wildman–Crippen LogP) is 2.52. The van der Waals surface area contributed by atoms with Crippen LogP contribution in [0.1, 0.15) is 11.6 Å². The summed E-state index contributed by atoms with van der Waals surface area (Å²) in [7, 11) is 2.92. The summed E-state index contributed by atoms with van der Waals surface area (Å²) >= 11 is 3.17. The van der Waals surface area contributed by atoms with Crippen molar-refractivity contribution in [2.24, 2.45) is 0 Å². The van der Waals surface area contributed by atoms with E-state index in [0.717, 1.165) is 0 Å². The largest absolute Gasteiger partial charge is 0.324 e. The molecule has 1 aromatic rings. The number of rotatable bonds is 4. The first-order chi connectivity index (χ1) is 10.8. The highest BCUT2D eigenvalue weighted by Crippen LogP contribution is 2.36. The van der Waals surface area contributed by atoms with Crippen LogP contribution >= 0.6 is 15.9 Å². The Kier molecular flexibility index (Phi) is 4.64. The molecule has 1 aliphatic rings. The molecule has 1 atom stereocenters. The summed E-state index contributed by atoms with van der Waals surface area (Å²) in [6.45, 7) is 0. The molecule has 0 aromatic heterocycles. The van der Waals surface area contributed by atoms with Crippen LogP contribution in [0.2, 0.25) is 0 Å². The SMILES string of the molecule is CN1C(=O)N(C)C(c2ccc([N+](=O)[O-])cc2)C([N+](=O)[O-])=C1CBr. The van der Waals surface area contributed by atoms with E-state index >= 15 is 0 Å². The Hall–Kier alpha value is -2.49. The number of hydrogen-bond acceptors (Lipinski definition) is 5. The molecule has 0 bridgehead atoms. The zero-order valence-electron chi connectivity index (χ0n) is 12.3. The zero-order valence-corrected chi connectivity index (χ0v) is 13.9. The Labute approximate surface area is 139 Å². The Balaban J connectivity index is 2.60. The van der Waals surface area contributed by atoms with Crippen molar-refractivity contribution < 1.29 is 14.6 Å². The molecule has 1 aliphatic heterocycles. The maximum absolute atomic E-state index is 12.3. The van der Waals surface area contributed by atoms with Crippen LogP contribution in [0.4, 0.5) is 10.5 Å². The van der Waals surface area contributed by atoms with Gasteiger partial charge < -0.3 is 4.90 Å². The van der Waals surface area contributed by atoms with E-state index in [1.807, 2.05) is 0 Å². The minimum Gasteiger partial charge on any atom is -0.310 e. The van der Waals surface area contributed by atoms with Crippen molar-refractivity contribution in [2.45, 2.75) is 6.04 Å². The van der Waals surface area contributed by atoms with E-state index in [0.29, 0.717) is 5.56 Å². The Morgan fingerprint density at radius 1 is 1.13 bits per heavy atom. The van der Waals surface area contributed by atoms with Gasteiger partial charge in [0.15, 0.2) is 6.04 Å². The van der Waals surface area contributed by atoms with Crippen molar-refractivity contribution >= 4 is 27.6 Å². The first-order valence-electron chi connectivity index (χ1n) is 6.47. The number of carbonyl (C=O) groups excluding carboxylic acids is 1. The number of amides is 2. The number of allylic oxidation sites excluding steroid dienone is 1. The molecule has 2 amide bonds. The molecule has 0 fully saturated rings. The first kappa shape index (κ1) is 16.9. The number of nitro benzene ring substituents is 1. The lowest BCUT2D eigenvalue weighted by Gasteiger charge is -2.36. The number of nitro groups is 2. The van der Waals surface area contributed by atoms with Crippen molar-refractivity contribution in [3.63, 3.8) is 0 Å². The lowest BCUT2D eigenvalue weighted by Crippen LogP contribution is -2.47. The predicted molar refractivity (Wildman–Crippen MR) is 84.6 cm³/mol. The number of likely N-dealkylation sites (N-methyl/N-ethyl adjacent to an activating group) is 1. The smallest absolute Gasteiger partial charge is 0.310 e. The summed E-state index contributed by atoms with van der Waals surface area (Å²) in [6, 6.07) is 4.06. The van der Waals surface area contributed by atoms with Crippen LogP contribution in [-0.2, 0) is 0 Å². The minimum absolute atomic E-state index is 0.122. The third-order valence-electron chi connectivity index (χ3n) is 3.68. The fourth-order valence-corrected chi connectivity index (χ4v) is 3.16. The standard InChI is InChI=1S/C13H13BrN4O5/c1-15-10(7-14)12(18(22)23)11(16(2)13(15)19)8-3-5-9(6-4-8)17(20)21/h3-6,11H,7H2,1-2H3. The van der Waals surface area contributed by atoms with Gasteiger partial charge >= 0.3 is 6.03 Å². The maximum atomic E-state index is 12.3. The van der Waals surface area contributed by atoms with Gasteiger partial charge in [0.25, 0.3) is 11.4 Å². The van der Waals surface area contributed by atoms with Gasteiger partial charge in [0.2, 0.25) is 0 Å². The van der Waals surface area contributed by atoms with Crippen molar-refractivity contribution in [3.8, 4) is 0 Å². The molecular formula is C13H13BrN4O5. The highest BCUT2D eigenvalue weighted by Gasteiger charge is 2.43. The number of alkyl halides is 1. The second kappa shape index (κ2) is 6.32. The Morgan fingerprint density at radius 2 is 1.70 bits per heavy atom. The van der Waals surface area contributed by atoms with Gasteiger partial charge in [-0.05, 0) is 17.7 Å². The van der Waals surface area contributed by atoms with Crippen LogP contribution in [0.15, 0.2) is 35.7 Å². The number of nitrogens with zero attached hydrogens (tertiary/aromatic N) is 4. The van der Waals surface area contributed by atoms with E-state index in [1.165, 1.54) is 48.2 Å². The molecule has 9 nitrogen and oxygen atoms in total. The van der Waals surface area contributed by atoms with E-state index in [2.05, 4.69) is 15.9 Å². The zero-order chi connectivity index (χ0) is 17.3. The molecule has 0 aliphatic carbocycles. The van der Waals surface area contributed by atoms with Gasteiger partial charge in [-0.15, -0.1) is 0 Å². The molecule has 1 unspecified atom stereocenters. The van der Waals surface area contributed by atoms with Crippen LogP contribution in [0, 0.1) is 20.2 Å². The van der Waals surface area contributed by atoms with Crippen LogP contribution < -0.4 is 0 Å². The summed E-state index contributed by atoms with van der Waals surface area (Å²) in [6.07, 6.45) is 0. The molecule has 0 saturated heterocycles. The fourth-order valence-electron chi connectivity index (χ4n) is 2.50. The third kappa shape index (κ3) is 2.89. The molecule has 1 aromatic carbocycles. The lowest BCUT2D eigenvalue weighted by atomic mass is 9.99. The fraction of sp³-hybridized carbons (Fsp3) is 0.308. The number of halogens is 1. The Morgan fingerprint density at radius 3 is 2.13 bits per heavy atom. The van der Waals surface area contributed by atoms with Gasteiger partial charge in [-0.3, -0.25) is 25.1 Å². The summed E-state index contributed by atoms with van der Waals surface area (Å²) < 4.78 is 0. The highest BCUT2D eigenvalue weighted by atomic mass is 79.9. The molecular weight excluding hydrogens is 372 g/mol. The lowest BCUT2D eigenvalue weighted by molar-refractivity contribution is -0.436. The second-order valence-electron chi connectivity index (χ2n) is 4.93. The molecule has 0 saturated carbocycles. The van der Waals surface area contributed by atoms with E-state index in [9.17, 15) is 25.0 Å². The topological polar surface area (TPSA) is 110 Å². The number of urea groups is 1. The van der Waals surface area contributed by atoms with E-state index in [-0.39, 0.29) is 22.4 Å². The van der Waals surface area contributed by atoms with Gasteiger partial charge in [-0.25, -0.2) is 4.79 Å². The molecule has 2 rings (SSSR count). The van der Waals surface area contributed by atoms with E-state index in [1.54, 1.807) is 0 Å². The average Bonchev–Trinajstić information content (AvgIpc) is 2.52. The van der Waals surface area contributed by atoms with Crippen molar-refractivity contribution in [1.29, 1.82) is 0 Å². The molecule has 0 radical (unpaired) electrons. The van der Waals surface area contributed by atoms with Crippen LogP contribution in [0.3, 0.4) is 0 Å². The van der Waals surface area contributed by atoms with Crippen molar-refractivity contribution in [2.75, 3.05) is 19.4 Å². The number of carbonyl (C=O) groups is 1. The molecule has 10 heteroatoms. The van der Waals surface area contributed by atoms with E-state index in [4.69, 9.17) is 0 Å². The normalized spacial score (nSPS) is 18.4. The summed E-state index contributed by atoms with van der Waals surface area (Å²) in [5.41, 5.74) is 0.425. The third-order valence-corrected chi connectivity index (χ3v) is 4.21. The molecule has 0 spiro atoms. The maximum Gasteiger partial charge on any atom is 0.324 e. The Bertz CT molecular complexity index is 703. The monoisotopic (exact) mass is 384 g/mol. The average molecular weight is 385 g/mol. The molecule has 1 heterocycles. The minimum atomic E-state index is -0.915. The van der Waals surface area contributed by atoms with Gasteiger partial charge in [-0.2, -0.15) is 0 Å². The second-order valence-corrected chi connectivity index (χ2v) is 5.49. The quantitative estimate of drug-likeness (QED) is 0.449. The summed E-state index contributed by atoms with van der Waals surface area (Å²) in [5, 5.41) is 22.4. The highest BCUT2D eigenvalue weighted by molar-refractivity contribution is 9.09. The molecule has 122 valence electrons. The number of hydrogen-bond donors (Lipinski definition) is 0. The summed E-state index contributed by atoms with van der Waals surface area (Å²) in [4.78, 5) is 35.9. The van der Waals surface area contributed by atoms with Crippen molar-refractivity contribution in [3.05, 3.63) is 61.5 Å². The van der Waals surface area contributed by atoms with Gasteiger partial charge in [0.1, 0.15) is 5.70 Å². The number of non-ortho nitro benzene ring substituents is 1. The van der Waals surface area contributed by atoms with Gasteiger partial charge in [0, 0.05) is 26.2 Å². The van der Waals surface area contributed by atoms with Crippen LogP contribution in [-0.4, -0.2) is 45.1 Å². The van der Waals surface area contributed by atoms with Crippen molar-refractivity contribution in [1.82, 2.24) is 9.80 Å². The number of benzene rings is 1. The molecule has 23 heavy (non-hydrogen) atoms. The van der Waals surface area contributed by atoms with Crippen LogP contribution in [0.5, 0.6) is 0 Å². The first-order valence-corrected chi connectivity index (χ1v) is 7.60. The summed E-state index contributed by atoms with van der Waals surface area (Å²) in [5.74, 6) is 0. The van der Waals surface area contributed by atoms with Gasteiger partial charge in [-0.1, -0.05) is 15.9 Å². The van der Waals surface area contributed by atoms with Gasteiger partial charge in [0.05, 0.1) is 15.2 Å². The van der Waals surface area contributed by atoms with Crippen LogP contribution in [0.25, 0.3) is 0 Å². The molecule has 0 N–H and O–H groups in total. The van der Waals surface area contributed by atoms with E-state index < -0.39 is 21.9 Å².